The second-order valence-electron chi connectivity index (χ2n) is 26.9. The van der Waals surface area contributed by atoms with Crippen LogP contribution in [0.25, 0.3) is 0 Å². The standard InChI is InChI=1S/C65H119O33P/c1-3-5-7-9-11-13-15-17-19-21-23-25-27-29-42(68)87-33-37(91-43(69)30-28-26-24-22-20-18-16-14-12-10-8-6-4-2)34-90-99(85,86)98-61-59(96-64-57(83)49(75)45(71)39(32-67)93-64)53(79)52(78)54(80)60(61)97-65-58(84)51(77)47(73)41(95-65)36-89-63-56(82)50(76)46(72)40(94-63)35-88-62-55(81)48(74)44(70)38(31-66)92-62/h37-41,44-67,70-84H,3-36H2,1-2H3,(H,85,86)/t37-,38?,39?,40?,41?,44+,45-,46+,47+,48?,49?,50?,51?,52+,53?,54?,55+,56+,57-,58+,59-,60?,61+,62-,63-,64-,65+/m1/s1. The van der Waals surface area contributed by atoms with Gasteiger partial charge in [-0.1, -0.05) is 168 Å². The summed E-state index contributed by atoms with van der Waals surface area (Å²) in [6.07, 6.45) is -28.5. The van der Waals surface area contributed by atoms with E-state index in [4.69, 9.17) is 56.4 Å². The van der Waals surface area contributed by atoms with Crippen LogP contribution in [-0.4, -0.2) is 309 Å². The number of carbonyl (C=O) groups is 2. The van der Waals surface area contributed by atoms with Crippen LogP contribution < -0.4 is 0 Å². The normalized spacial score (nSPS) is 36.9. The quantitative estimate of drug-likeness (QED) is 0.0198. The Kier molecular flexibility index (Phi) is 40.9. The number of phosphoric acid groups is 1. The topological polar surface area (TPSA) is 526 Å². The van der Waals surface area contributed by atoms with Crippen molar-refractivity contribution in [1.29, 1.82) is 0 Å². The van der Waals surface area contributed by atoms with Gasteiger partial charge in [-0.05, 0) is 12.8 Å². The zero-order chi connectivity index (χ0) is 72.8. The molecule has 1 aliphatic carbocycles. The number of unbranched alkanes of at least 4 members (excludes halogenated alkanes) is 24. The lowest BCUT2D eigenvalue weighted by Gasteiger charge is -2.49. The van der Waals surface area contributed by atoms with E-state index < -0.39 is 225 Å². The molecule has 0 spiro atoms. The van der Waals surface area contributed by atoms with Crippen molar-refractivity contribution >= 4 is 19.8 Å². The molecular weight excluding hydrogens is 1340 g/mol. The van der Waals surface area contributed by atoms with Crippen LogP contribution in [0.15, 0.2) is 0 Å². The number of esters is 2. The van der Waals surface area contributed by atoms with Crippen LogP contribution in [-0.2, 0) is 70.6 Å². The van der Waals surface area contributed by atoms with Gasteiger partial charge in [0.25, 0.3) is 0 Å². The molecule has 0 aromatic heterocycles. The second kappa shape index (κ2) is 46.2. The van der Waals surface area contributed by atoms with E-state index in [-0.39, 0.29) is 12.8 Å². The molecule has 582 valence electrons. The minimum Gasteiger partial charge on any atom is -0.462 e. The minimum atomic E-state index is -5.81. The molecule has 4 aliphatic heterocycles. The molecule has 4 heterocycles. The monoisotopic (exact) mass is 1460 g/mol. The summed E-state index contributed by atoms with van der Waals surface area (Å²) < 4.78 is 81.4. The maximum atomic E-state index is 14.4. The van der Waals surface area contributed by atoms with Crippen LogP contribution >= 0.6 is 7.82 Å². The molecule has 1 saturated carbocycles. The molecule has 4 saturated heterocycles. The van der Waals surface area contributed by atoms with E-state index in [0.717, 1.165) is 64.2 Å². The van der Waals surface area contributed by atoms with Crippen LogP contribution in [0, 0.1) is 0 Å². The zero-order valence-corrected chi connectivity index (χ0v) is 58.1. The predicted molar refractivity (Wildman–Crippen MR) is 343 cm³/mol. The lowest BCUT2D eigenvalue weighted by molar-refractivity contribution is -0.365. The van der Waals surface area contributed by atoms with Gasteiger partial charge >= 0.3 is 19.8 Å². The number of phosphoric ester groups is 1. The van der Waals surface area contributed by atoms with Gasteiger partial charge in [0.1, 0.15) is 141 Å². The predicted octanol–water partition coefficient (Wildman–Crippen LogP) is -0.979. The largest absolute Gasteiger partial charge is 0.472 e. The summed E-state index contributed by atoms with van der Waals surface area (Å²) in [5.74, 6) is -1.44. The van der Waals surface area contributed by atoms with Crippen LogP contribution in [0.4, 0.5) is 0 Å². The van der Waals surface area contributed by atoms with Gasteiger partial charge in [-0.25, -0.2) is 4.57 Å². The maximum absolute atomic E-state index is 14.4. The lowest BCUT2D eigenvalue weighted by Crippen LogP contribution is -2.69. The van der Waals surface area contributed by atoms with Crippen molar-refractivity contribution in [2.75, 3.05) is 39.6 Å². The summed E-state index contributed by atoms with van der Waals surface area (Å²) in [7, 11) is -5.81. The van der Waals surface area contributed by atoms with E-state index in [0.29, 0.717) is 19.3 Å². The van der Waals surface area contributed by atoms with Crippen LogP contribution in [0.5, 0.6) is 0 Å². The molecule has 0 amide bonds. The number of hydrogen-bond donors (Lipinski definition) is 18. The highest BCUT2D eigenvalue weighted by atomic mass is 31.2. The fourth-order valence-electron chi connectivity index (χ4n) is 12.6. The molecule has 18 N–H and O–H groups in total. The Bertz CT molecular complexity index is 2230. The first-order valence-corrected chi connectivity index (χ1v) is 37.4. The van der Waals surface area contributed by atoms with Gasteiger partial charge in [-0.15, -0.1) is 0 Å². The summed E-state index contributed by atoms with van der Waals surface area (Å²) in [5.41, 5.74) is 0. The molecule has 0 aromatic rings. The summed E-state index contributed by atoms with van der Waals surface area (Å²) in [4.78, 5) is 38.1. The van der Waals surface area contributed by atoms with Crippen molar-refractivity contribution in [3.8, 4) is 0 Å². The van der Waals surface area contributed by atoms with Crippen LogP contribution in [0.3, 0.4) is 0 Å². The number of rotatable bonds is 48. The Morgan fingerprint density at radius 2 is 0.667 bits per heavy atom. The van der Waals surface area contributed by atoms with Gasteiger partial charge in [-0.2, -0.15) is 0 Å². The molecule has 99 heavy (non-hydrogen) atoms. The van der Waals surface area contributed by atoms with Crippen LogP contribution in [0.2, 0.25) is 0 Å². The number of aliphatic hydroxyl groups excluding tert-OH is 17. The number of aliphatic hydroxyl groups is 17. The van der Waals surface area contributed by atoms with E-state index in [1.165, 1.54) is 83.5 Å². The molecule has 0 aromatic carbocycles. The fraction of sp³-hybridized carbons (Fsp3) is 0.969. The molecular formula is C65H119O33P. The Balaban J connectivity index is 1.30. The third-order valence-electron chi connectivity index (χ3n) is 18.9. The van der Waals surface area contributed by atoms with Crippen molar-refractivity contribution in [2.45, 2.75) is 359 Å². The average molecular weight is 1460 g/mol. The molecule has 28 atom stereocenters. The minimum absolute atomic E-state index is 0.00135. The van der Waals surface area contributed by atoms with E-state index >= 15 is 0 Å². The summed E-state index contributed by atoms with van der Waals surface area (Å²) in [5, 5.41) is 183. The number of carbonyl (C=O) groups excluding carboxylic acids is 2. The molecule has 0 bridgehead atoms. The first-order valence-electron chi connectivity index (χ1n) is 35.9. The highest BCUT2D eigenvalue weighted by molar-refractivity contribution is 7.47. The van der Waals surface area contributed by atoms with Gasteiger partial charge in [0.05, 0.1) is 33.0 Å². The first kappa shape index (κ1) is 87.7. The van der Waals surface area contributed by atoms with Crippen molar-refractivity contribution < 1.29 is 162 Å². The highest BCUT2D eigenvalue weighted by Gasteiger charge is 2.59. The van der Waals surface area contributed by atoms with E-state index in [2.05, 4.69) is 13.8 Å². The van der Waals surface area contributed by atoms with Crippen molar-refractivity contribution in [3.05, 3.63) is 0 Å². The van der Waals surface area contributed by atoms with E-state index in [1.54, 1.807) is 0 Å². The zero-order valence-electron chi connectivity index (χ0n) is 57.3. The summed E-state index contributed by atoms with van der Waals surface area (Å²) in [6, 6.07) is 0. The van der Waals surface area contributed by atoms with Crippen molar-refractivity contribution in [2.24, 2.45) is 0 Å². The smallest absolute Gasteiger partial charge is 0.462 e. The Morgan fingerprint density at radius 1 is 0.364 bits per heavy atom. The summed E-state index contributed by atoms with van der Waals surface area (Å²) >= 11 is 0. The third-order valence-corrected chi connectivity index (χ3v) is 19.8. The van der Waals surface area contributed by atoms with Gasteiger partial charge in [0.15, 0.2) is 31.3 Å². The summed E-state index contributed by atoms with van der Waals surface area (Å²) in [6.45, 7) is -0.911. The first-order chi connectivity index (χ1) is 47.3. The van der Waals surface area contributed by atoms with Gasteiger partial charge < -0.3 is 139 Å². The van der Waals surface area contributed by atoms with Crippen molar-refractivity contribution in [1.82, 2.24) is 0 Å². The molecule has 0 radical (unpaired) electrons. The van der Waals surface area contributed by atoms with Gasteiger partial charge in [0.2, 0.25) is 0 Å². The Labute approximate surface area is 579 Å². The van der Waals surface area contributed by atoms with Gasteiger partial charge in [0, 0.05) is 12.8 Å². The fourth-order valence-corrected chi connectivity index (χ4v) is 13.6. The van der Waals surface area contributed by atoms with E-state index in [9.17, 15) is 106 Å². The molecule has 5 aliphatic rings. The molecule has 34 heteroatoms. The SMILES string of the molecule is CCCCCCCCCCCCCCCC(=O)OC[C@H](COP(=O)(O)O[C@@H]1C(O[C@@H]2OC(CO[C@@H]3OC(CO[C@@H]4OC(CO)[C@H](O)C(O)[C@@H]4O)[C@H](O)C(O)[C@@H]3O)[C@H](O)C(O)[C@@H]2O)C(O)[C@@H](O)C(O)[C@H]1O[C@H]1OC(CO)[C@@H](O)C(O)[C@H]1O)OC(=O)CCCCCCCCCCCCCCC. The Hall–Kier alpha value is -1.95. The van der Waals surface area contributed by atoms with E-state index in [1.807, 2.05) is 0 Å². The average Bonchev–Trinajstić information content (AvgIpc) is 0.762. The van der Waals surface area contributed by atoms with Crippen molar-refractivity contribution in [3.63, 3.8) is 0 Å². The Morgan fingerprint density at radius 3 is 1.04 bits per heavy atom. The molecule has 33 nitrogen and oxygen atoms in total. The molecule has 12 unspecified atom stereocenters. The number of ether oxygens (including phenoxy) is 10. The third kappa shape index (κ3) is 28.0. The van der Waals surface area contributed by atoms with Crippen LogP contribution in [0.1, 0.15) is 194 Å². The number of hydrogen-bond acceptors (Lipinski definition) is 32. The molecule has 5 rings (SSSR count). The lowest BCUT2D eigenvalue weighted by atomic mass is 9.84. The highest BCUT2D eigenvalue weighted by Crippen LogP contribution is 2.49. The maximum Gasteiger partial charge on any atom is 0.472 e. The van der Waals surface area contributed by atoms with Gasteiger partial charge in [-0.3, -0.25) is 18.6 Å². The second-order valence-corrected chi connectivity index (χ2v) is 28.3. The molecule has 5 fully saturated rings.